The quantitative estimate of drug-likeness (QED) is 0.639. The van der Waals surface area contributed by atoms with Crippen LogP contribution < -0.4 is 5.32 Å². The van der Waals surface area contributed by atoms with Gasteiger partial charge in [0.05, 0.1) is 4.92 Å². The fourth-order valence-corrected chi connectivity index (χ4v) is 1.51. The lowest BCUT2D eigenvalue weighted by Gasteiger charge is -2.05. The second-order valence-electron chi connectivity index (χ2n) is 3.71. The molecule has 2 aromatic heterocycles. The Balaban J connectivity index is 2.22. The van der Waals surface area contributed by atoms with Gasteiger partial charge in [0.1, 0.15) is 24.8 Å². The van der Waals surface area contributed by atoms with E-state index in [1.165, 1.54) is 17.1 Å². The second-order valence-corrected chi connectivity index (χ2v) is 3.71. The summed E-state index contributed by atoms with van der Waals surface area (Å²) in [7, 11) is 1.77. The van der Waals surface area contributed by atoms with E-state index in [0.717, 1.165) is 5.69 Å². The van der Waals surface area contributed by atoms with Crippen molar-refractivity contribution in [1.29, 1.82) is 0 Å². The molecule has 8 heteroatoms. The van der Waals surface area contributed by atoms with Gasteiger partial charge in [-0.1, -0.05) is 0 Å². The fourth-order valence-electron chi connectivity index (χ4n) is 1.51. The predicted octanol–water partition coefficient (Wildman–Crippen LogP) is 0.980. The van der Waals surface area contributed by atoms with Crippen LogP contribution in [0.1, 0.15) is 11.5 Å². The summed E-state index contributed by atoms with van der Waals surface area (Å²) < 4.78 is 1.44. The first kappa shape index (κ1) is 12.0. The monoisotopic (exact) mass is 248 g/mol. The zero-order valence-electron chi connectivity index (χ0n) is 9.99. The maximum absolute atomic E-state index is 10.5. The molecule has 0 unspecified atom stereocenters. The normalized spacial score (nSPS) is 10.3. The van der Waals surface area contributed by atoms with Crippen molar-refractivity contribution in [2.45, 2.75) is 13.5 Å². The summed E-state index contributed by atoms with van der Waals surface area (Å²) in [4.78, 5) is 18.5. The van der Waals surface area contributed by atoms with Gasteiger partial charge in [0.2, 0.25) is 0 Å². The molecule has 1 N–H and O–H groups in total. The highest BCUT2D eigenvalue weighted by Gasteiger charge is 2.10. The minimum Gasteiger partial charge on any atom is -0.373 e. The Hall–Kier alpha value is -2.51. The topological polar surface area (TPSA) is 98.8 Å². The van der Waals surface area contributed by atoms with Crippen LogP contribution in [-0.2, 0) is 6.54 Å². The summed E-state index contributed by atoms with van der Waals surface area (Å²) in [6.07, 6.45) is 2.56. The first-order valence-corrected chi connectivity index (χ1v) is 5.27. The molecule has 2 rings (SSSR count). The van der Waals surface area contributed by atoms with Crippen LogP contribution in [-0.4, -0.2) is 31.7 Å². The molecule has 0 amide bonds. The van der Waals surface area contributed by atoms with Crippen LogP contribution in [0.5, 0.6) is 0 Å². The van der Waals surface area contributed by atoms with Gasteiger partial charge in [0.25, 0.3) is 0 Å². The zero-order chi connectivity index (χ0) is 13.1. The summed E-state index contributed by atoms with van der Waals surface area (Å²) in [6.45, 7) is 2.15. The minimum atomic E-state index is -0.486. The van der Waals surface area contributed by atoms with E-state index < -0.39 is 4.92 Å². The molecular weight excluding hydrogens is 236 g/mol. The molecule has 0 saturated heterocycles. The third-order valence-corrected chi connectivity index (χ3v) is 2.29. The van der Waals surface area contributed by atoms with Crippen molar-refractivity contribution in [3.8, 4) is 0 Å². The molecule has 2 aromatic rings. The molecule has 0 saturated carbocycles. The van der Waals surface area contributed by atoms with Gasteiger partial charge in [-0.2, -0.15) is 5.10 Å². The highest BCUT2D eigenvalue weighted by atomic mass is 16.6. The van der Waals surface area contributed by atoms with Gasteiger partial charge in [-0.3, -0.25) is 14.8 Å². The third-order valence-electron chi connectivity index (χ3n) is 2.29. The molecule has 0 aromatic carbocycles. The molecule has 0 aliphatic heterocycles. The number of nitro groups is 1. The van der Waals surface area contributed by atoms with Crippen molar-refractivity contribution in [3.05, 3.63) is 40.1 Å². The molecule has 0 aliphatic carbocycles. The number of hydrogen-bond acceptors (Lipinski definition) is 6. The Morgan fingerprint density at radius 2 is 2.28 bits per heavy atom. The lowest BCUT2D eigenvalue weighted by Crippen LogP contribution is -2.07. The van der Waals surface area contributed by atoms with E-state index in [-0.39, 0.29) is 5.69 Å². The lowest BCUT2D eigenvalue weighted by atomic mass is 10.4. The van der Waals surface area contributed by atoms with E-state index in [9.17, 15) is 10.1 Å². The van der Waals surface area contributed by atoms with Crippen molar-refractivity contribution < 1.29 is 4.92 Å². The SMILES string of the molecule is CNc1cc(C)nc(Cn2cc([N+](=O)[O-])cn2)n1. The highest BCUT2D eigenvalue weighted by molar-refractivity contribution is 5.34. The molecule has 94 valence electrons. The summed E-state index contributed by atoms with van der Waals surface area (Å²) in [5.74, 6) is 1.26. The van der Waals surface area contributed by atoms with E-state index in [1.807, 2.05) is 13.0 Å². The Morgan fingerprint density at radius 3 is 2.89 bits per heavy atom. The summed E-state index contributed by atoms with van der Waals surface area (Å²) in [5, 5.41) is 17.4. The molecule has 0 aliphatic rings. The van der Waals surface area contributed by atoms with Gasteiger partial charge in [-0.15, -0.1) is 0 Å². The Morgan fingerprint density at radius 1 is 1.50 bits per heavy atom. The zero-order valence-corrected chi connectivity index (χ0v) is 9.99. The van der Waals surface area contributed by atoms with Crippen molar-refractivity contribution >= 4 is 11.5 Å². The number of anilines is 1. The molecule has 0 spiro atoms. The molecule has 0 bridgehead atoms. The fraction of sp³-hybridized carbons (Fsp3) is 0.300. The van der Waals surface area contributed by atoms with Crippen molar-refractivity contribution in [3.63, 3.8) is 0 Å². The maximum atomic E-state index is 10.5. The van der Waals surface area contributed by atoms with Crippen LogP contribution in [0.15, 0.2) is 18.5 Å². The van der Waals surface area contributed by atoms with Crippen LogP contribution in [0.25, 0.3) is 0 Å². The third kappa shape index (κ3) is 2.59. The van der Waals surface area contributed by atoms with E-state index in [2.05, 4.69) is 20.4 Å². The number of nitrogens with zero attached hydrogens (tertiary/aromatic N) is 5. The molecule has 18 heavy (non-hydrogen) atoms. The number of rotatable bonds is 4. The number of aromatic nitrogens is 4. The Labute approximate surface area is 103 Å². The van der Waals surface area contributed by atoms with E-state index in [0.29, 0.717) is 18.2 Å². The molecular formula is C10H12N6O2. The van der Waals surface area contributed by atoms with Gasteiger partial charge in [-0.25, -0.2) is 9.97 Å². The van der Waals surface area contributed by atoms with E-state index in [1.54, 1.807) is 7.05 Å². The van der Waals surface area contributed by atoms with Gasteiger partial charge >= 0.3 is 5.69 Å². The van der Waals surface area contributed by atoms with Crippen molar-refractivity contribution in [2.24, 2.45) is 0 Å². The predicted molar refractivity (Wildman–Crippen MR) is 64.3 cm³/mol. The first-order chi connectivity index (χ1) is 8.58. The lowest BCUT2D eigenvalue weighted by molar-refractivity contribution is -0.385. The molecule has 8 nitrogen and oxygen atoms in total. The average molecular weight is 248 g/mol. The van der Waals surface area contributed by atoms with E-state index in [4.69, 9.17) is 0 Å². The maximum Gasteiger partial charge on any atom is 0.307 e. The van der Waals surface area contributed by atoms with Gasteiger partial charge < -0.3 is 5.32 Å². The molecule has 0 radical (unpaired) electrons. The van der Waals surface area contributed by atoms with Gasteiger partial charge in [-0.05, 0) is 6.92 Å². The standard InChI is InChI=1S/C10H12N6O2/c1-7-3-9(11-2)14-10(13-7)6-15-5-8(4-12-15)16(17)18/h3-5H,6H2,1-2H3,(H,11,13,14). The molecule has 2 heterocycles. The van der Waals surface area contributed by atoms with Crippen LogP contribution in [0.4, 0.5) is 11.5 Å². The average Bonchev–Trinajstić information content (AvgIpc) is 2.76. The van der Waals surface area contributed by atoms with Crippen LogP contribution in [0, 0.1) is 17.0 Å². The van der Waals surface area contributed by atoms with Crippen LogP contribution >= 0.6 is 0 Å². The number of hydrogen-bond donors (Lipinski definition) is 1. The highest BCUT2D eigenvalue weighted by Crippen LogP contribution is 2.10. The molecule has 0 fully saturated rings. The van der Waals surface area contributed by atoms with Crippen molar-refractivity contribution in [2.75, 3.05) is 12.4 Å². The summed E-state index contributed by atoms with van der Waals surface area (Å²) in [5.41, 5.74) is 0.780. The largest absolute Gasteiger partial charge is 0.373 e. The Kier molecular flexibility index (Phi) is 3.18. The minimum absolute atomic E-state index is 0.0449. The Bertz CT molecular complexity index is 579. The van der Waals surface area contributed by atoms with Gasteiger partial charge in [0.15, 0.2) is 5.82 Å². The summed E-state index contributed by atoms with van der Waals surface area (Å²) >= 11 is 0. The summed E-state index contributed by atoms with van der Waals surface area (Å²) in [6, 6.07) is 1.81. The van der Waals surface area contributed by atoms with Gasteiger partial charge in [0, 0.05) is 18.8 Å². The molecule has 0 atom stereocenters. The van der Waals surface area contributed by atoms with Crippen LogP contribution in [0.2, 0.25) is 0 Å². The van der Waals surface area contributed by atoms with Crippen molar-refractivity contribution in [1.82, 2.24) is 19.7 Å². The first-order valence-electron chi connectivity index (χ1n) is 5.27. The van der Waals surface area contributed by atoms with Crippen LogP contribution in [0.3, 0.4) is 0 Å². The second kappa shape index (κ2) is 4.78. The van der Waals surface area contributed by atoms with E-state index >= 15 is 0 Å². The number of nitrogens with one attached hydrogen (secondary N) is 1. The smallest absolute Gasteiger partial charge is 0.307 e. The number of aryl methyl sites for hydroxylation is 1.